The largest absolute Gasteiger partial charge is 0.507 e. The van der Waals surface area contributed by atoms with E-state index in [-0.39, 0.29) is 23.3 Å². The van der Waals surface area contributed by atoms with Gasteiger partial charge in [0.2, 0.25) is 11.6 Å². The molecule has 0 heterocycles. The monoisotopic (exact) mass is 210 g/mol. The highest BCUT2D eigenvalue weighted by Gasteiger charge is 2.31. The first-order valence-electron chi connectivity index (χ1n) is 4.73. The summed E-state index contributed by atoms with van der Waals surface area (Å²) in [5.74, 6) is -1.45. The van der Waals surface area contributed by atoms with E-state index in [2.05, 4.69) is 0 Å². The summed E-state index contributed by atoms with van der Waals surface area (Å²) in [5.41, 5.74) is 0.669. The van der Waals surface area contributed by atoms with Gasteiger partial charge in [-0.25, -0.2) is 0 Å². The Morgan fingerprint density at radius 1 is 1.13 bits per heavy atom. The molecular weight excluding hydrogens is 196 g/mol. The van der Waals surface area contributed by atoms with Gasteiger partial charge in [-0.15, -0.1) is 0 Å². The van der Waals surface area contributed by atoms with Gasteiger partial charge in [0.15, 0.2) is 0 Å². The van der Waals surface area contributed by atoms with Gasteiger partial charge in [0.25, 0.3) is 0 Å². The van der Waals surface area contributed by atoms with Crippen molar-refractivity contribution in [1.29, 1.82) is 0 Å². The number of carbonyl (C=O) groups excluding carboxylic acids is 2. The number of carbonyl (C=O) groups is 2. The number of hydrogen-bond donors (Lipinski definition) is 2. The van der Waals surface area contributed by atoms with E-state index in [1.165, 1.54) is 13.8 Å². The van der Waals surface area contributed by atoms with E-state index in [1.807, 2.05) is 0 Å². The van der Waals surface area contributed by atoms with E-state index in [4.69, 9.17) is 0 Å². The Bertz CT molecular complexity index is 385. The molecule has 1 aliphatic carbocycles. The molecular formula is C11H14O4. The van der Waals surface area contributed by atoms with Crippen molar-refractivity contribution in [3.63, 3.8) is 0 Å². The van der Waals surface area contributed by atoms with Gasteiger partial charge >= 0.3 is 0 Å². The first-order valence-corrected chi connectivity index (χ1v) is 4.73. The number of Topliss-reactive ketones (excluding diaryl/α,β-unsaturated/α-hetero) is 2. The Morgan fingerprint density at radius 2 is 1.67 bits per heavy atom. The van der Waals surface area contributed by atoms with E-state index in [9.17, 15) is 19.8 Å². The molecule has 0 bridgehead atoms. The van der Waals surface area contributed by atoms with Crippen LogP contribution in [0.25, 0.3) is 0 Å². The summed E-state index contributed by atoms with van der Waals surface area (Å²) >= 11 is 0. The zero-order valence-electron chi connectivity index (χ0n) is 9.00. The minimum absolute atomic E-state index is 0.0758. The van der Waals surface area contributed by atoms with E-state index in [0.29, 0.717) is 5.57 Å². The quantitative estimate of drug-likeness (QED) is 0.528. The fraction of sp³-hybridized carbons (Fsp3) is 0.455. The molecule has 0 radical (unpaired) electrons. The van der Waals surface area contributed by atoms with Crippen molar-refractivity contribution < 1.29 is 19.8 Å². The first-order chi connectivity index (χ1) is 6.86. The summed E-state index contributed by atoms with van der Waals surface area (Å²) in [6.45, 7) is 4.51. The molecule has 0 unspecified atom stereocenters. The molecule has 0 aromatic rings. The highest BCUT2D eigenvalue weighted by atomic mass is 16.3. The fourth-order valence-corrected chi connectivity index (χ4v) is 1.55. The van der Waals surface area contributed by atoms with Gasteiger partial charge in [-0.1, -0.05) is 0 Å². The molecule has 0 spiro atoms. The van der Waals surface area contributed by atoms with Crippen LogP contribution < -0.4 is 0 Å². The van der Waals surface area contributed by atoms with Gasteiger partial charge in [-0.05, 0) is 26.3 Å². The third kappa shape index (κ3) is 1.99. The maximum absolute atomic E-state index is 11.6. The average Bonchev–Trinajstić information content (AvgIpc) is 2.18. The third-order valence-corrected chi connectivity index (χ3v) is 2.48. The number of hydrogen-bond acceptors (Lipinski definition) is 4. The minimum atomic E-state index is -0.710. The lowest BCUT2D eigenvalue weighted by molar-refractivity contribution is -0.132. The van der Waals surface area contributed by atoms with E-state index in [0.717, 1.165) is 0 Å². The van der Waals surface area contributed by atoms with Crippen LogP contribution in [-0.4, -0.2) is 27.9 Å². The van der Waals surface area contributed by atoms with Crippen LogP contribution in [0.2, 0.25) is 0 Å². The maximum Gasteiger partial charge on any atom is 0.232 e. The Hall–Kier alpha value is -1.42. The SMILES string of the molecule is CC1=C(O)C(C)=C(C[C@H](C)O)C(=O)C1=O. The Kier molecular flexibility index (Phi) is 3.09. The second-order valence-corrected chi connectivity index (χ2v) is 3.79. The second kappa shape index (κ2) is 3.98. The molecule has 82 valence electrons. The fourth-order valence-electron chi connectivity index (χ4n) is 1.55. The molecule has 2 N–H and O–H groups in total. The topological polar surface area (TPSA) is 74.6 Å². The van der Waals surface area contributed by atoms with Crippen molar-refractivity contribution in [2.24, 2.45) is 0 Å². The number of rotatable bonds is 2. The van der Waals surface area contributed by atoms with Crippen molar-refractivity contribution in [1.82, 2.24) is 0 Å². The van der Waals surface area contributed by atoms with Crippen molar-refractivity contribution in [2.75, 3.05) is 0 Å². The smallest absolute Gasteiger partial charge is 0.232 e. The summed E-state index contributed by atoms with van der Waals surface area (Å²) < 4.78 is 0. The molecule has 0 saturated carbocycles. The summed E-state index contributed by atoms with van der Waals surface area (Å²) in [5, 5.41) is 18.8. The first kappa shape index (κ1) is 11.7. The Labute approximate surface area is 87.9 Å². The lowest BCUT2D eigenvalue weighted by Gasteiger charge is -2.18. The predicted octanol–water partition coefficient (Wildman–Crippen LogP) is 1.06. The molecule has 0 fully saturated rings. The molecule has 15 heavy (non-hydrogen) atoms. The van der Waals surface area contributed by atoms with E-state index < -0.39 is 17.7 Å². The van der Waals surface area contributed by atoms with Crippen molar-refractivity contribution in [3.05, 3.63) is 22.5 Å². The highest BCUT2D eigenvalue weighted by Crippen LogP contribution is 2.26. The summed E-state index contributed by atoms with van der Waals surface area (Å²) in [6.07, 6.45) is -0.619. The van der Waals surface area contributed by atoms with Gasteiger partial charge in [0.1, 0.15) is 5.76 Å². The molecule has 1 atom stereocenters. The number of ketones is 2. The number of aliphatic hydroxyl groups is 2. The van der Waals surface area contributed by atoms with Gasteiger partial charge in [-0.3, -0.25) is 9.59 Å². The van der Waals surface area contributed by atoms with Crippen LogP contribution in [0.5, 0.6) is 0 Å². The van der Waals surface area contributed by atoms with Gasteiger partial charge < -0.3 is 10.2 Å². The van der Waals surface area contributed by atoms with Crippen LogP contribution in [-0.2, 0) is 9.59 Å². The Balaban J connectivity index is 3.22. The number of aliphatic hydroxyl groups excluding tert-OH is 2. The predicted molar refractivity (Wildman–Crippen MR) is 54.3 cm³/mol. The average molecular weight is 210 g/mol. The van der Waals surface area contributed by atoms with E-state index in [1.54, 1.807) is 6.92 Å². The molecule has 0 amide bonds. The van der Waals surface area contributed by atoms with Crippen molar-refractivity contribution >= 4 is 11.6 Å². The maximum atomic E-state index is 11.6. The zero-order chi connectivity index (χ0) is 11.7. The van der Waals surface area contributed by atoms with Gasteiger partial charge in [-0.2, -0.15) is 0 Å². The van der Waals surface area contributed by atoms with Crippen LogP contribution in [0.1, 0.15) is 27.2 Å². The van der Waals surface area contributed by atoms with Crippen LogP contribution in [0, 0.1) is 0 Å². The molecule has 0 aromatic heterocycles. The molecule has 4 nitrogen and oxygen atoms in total. The van der Waals surface area contributed by atoms with Crippen LogP contribution in [0.4, 0.5) is 0 Å². The second-order valence-electron chi connectivity index (χ2n) is 3.79. The summed E-state index contributed by atoms with van der Waals surface area (Å²) in [6, 6.07) is 0. The van der Waals surface area contributed by atoms with Crippen LogP contribution in [0.15, 0.2) is 22.5 Å². The molecule has 4 heteroatoms. The third-order valence-electron chi connectivity index (χ3n) is 2.48. The minimum Gasteiger partial charge on any atom is -0.507 e. The number of allylic oxidation sites excluding steroid dienone is 2. The molecule has 1 aliphatic rings. The Morgan fingerprint density at radius 3 is 2.13 bits per heavy atom. The summed E-state index contributed by atoms with van der Waals surface area (Å²) in [7, 11) is 0. The van der Waals surface area contributed by atoms with Crippen molar-refractivity contribution in [2.45, 2.75) is 33.3 Å². The van der Waals surface area contributed by atoms with Crippen LogP contribution >= 0.6 is 0 Å². The van der Waals surface area contributed by atoms with Crippen molar-refractivity contribution in [3.8, 4) is 0 Å². The molecule has 0 aliphatic heterocycles. The standard InChI is InChI=1S/C11H14O4/c1-5(12)4-8-6(2)9(13)7(3)10(14)11(8)15/h5,12-13H,4H2,1-3H3/t5-/m0/s1. The van der Waals surface area contributed by atoms with E-state index >= 15 is 0 Å². The van der Waals surface area contributed by atoms with Crippen LogP contribution in [0.3, 0.4) is 0 Å². The molecule has 0 aromatic carbocycles. The zero-order valence-corrected chi connectivity index (χ0v) is 9.00. The molecule has 0 saturated heterocycles. The summed E-state index contributed by atoms with van der Waals surface area (Å²) in [4.78, 5) is 23.0. The van der Waals surface area contributed by atoms with Gasteiger partial charge in [0, 0.05) is 17.6 Å². The normalized spacial score (nSPS) is 20.0. The highest BCUT2D eigenvalue weighted by molar-refractivity contribution is 6.50. The lowest BCUT2D eigenvalue weighted by Crippen LogP contribution is -2.26. The molecule has 1 rings (SSSR count). The van der Waals surface area contributed by atoms with Gasteiger partial charge in [0.05, 0.1) is 6.10 Å². The lowest BCUT2D eigenvalue weighted by atomic mass is 9.87.